The highest BCUT2D eigenvalue weighted by Crippen LogP contribution is 2.36. The number of nitrogens with zero attached hydrogens (tertiary/aromatic N) is 1. The predicted octanol–water partition coefficient (Wildman–Crippen LogP) is -0.0640. The molecule has 47 heteroatoms. The minimum Gasteiger partial charge on any atom is -0.463 e. The fourth-order valence-corrected chi connectivity index (χ4v) is 15.5. The van der Waals surface area contributed by atoms with E-state index in [0.29, 0.717) is 77.2 Å². The molecule has 0 unspecified atom stereocenters. The molecule has 3 saturated heterocycles. The number of carbonyl (C=O) groups excluding carboxylic acids is 19. The van der Waals surface area contributed by atoms with Crippen LogP contribution in [-0.2, 0) is 172 Å². The van der Waals surface area contributed by atoms with Crippen molar-refractivity contribution < 1.29 is 177 Å². The van der Waals surface area contributed by atoms with Crippen molar-refractivity contribution in [2.24, 2.45) is 5.92 Å². The summed E-state index contributed by atoms with van der Waals surface area (Å²) in [6, 6.07) is -3.46. The summed E-state index contributed by atoms with van der Waals surface area (Å²) in [6.07, 6.45) is -11.7. The van der Waals surface area contributed by atoms with Gasteiger partial charge in [0.1, 0.15) is 61.5 Å². The number of hydrogen-bond acceptors (Lipinski definition) is 37. The Morgan fingerprint density at radius 1 is 0.307 bits per heavy atom. The van der Waals surface area contributed by atoms with E-state index in [-0.39, 0.29) is 179 Å². The topological polar surface area (TPSA) is 613 Å². The average Bonchev–Trinajstić information content (AvgIpc) is 0.794. The van der Waals surface area contributed by atoms with E-state index in [2.05, 4.69) is 47.9 Å². The largest absolute Gasteiger partial charge is 0.463 e. The Balaban J connectivity index is 1.38. The average molecular weight is 1960 g/mol. The number of amides is 10. The van der Waals surface area contributed by atoms with Gasteiger partial charge < -0.3 is 143 Å². The number of ether oxygens (including phenoxy) is 17. The van der Waals surface area contributed by atoms with Gasteiger partial charge in [-0.25, -0.2) is 0 Å². The smallest absolute Gasteiger partial charge is 0.303 e. The summed E-state index contributed by atoms with van der Waals surface area (Å²) < 4.78 is 98.9. The van der Waals surface area contributed by atoms with E-state index in [0.717, 1.165) is 68.2 Å². The summed E-state index contributed by atoms with van der Waals surface area (Å²) >= 11 is 0. The van der Waals surface area contributed by atoms with Gasteiger partial charge in [0.2, 0.25) is 59.1 Å². The quantitative estimate of drug-likeness (QED) is 0.0217. The van der Waals surface area contributed by atoms with Crippen LogP contribution in [0.2, 0.25) is 0 Å². The highest BCUT2D eigenvalue weighted by atomic mass is 16.7. The lowest BCUT2D eigenvalue weighted by Crippen LogP contribution is -2.66. The number of hydrogen-bond donors (Lipinski definition) is 10. The molecule has 4 fully saturated rings. The Morgan fingerprint density at radius 2 is 0.606 bits per heavy atom. The maximum absolute atomic E-state index is 14.4. The molecule has 3 heterocycles. The van der Waals surface area contributed by atoms with Gasteiger partial charge in [0.05, 0.1) is 32.0 Å². The number of aliphatic hydroxyl groups is 1. The fraction of sp³-hybridized carbons (Fsp3) is 0.789. The molecule has 0 radical (unpaired) electrons. The number of Topliss-reactive ketones (excluding diaryl/α,β-unsaturated/α-hetero) is 1. The van der Waals surface area contributed by atoms with Gasteiger partial charge in [-0.1, -0.05) is 12.8 Å². The number of rotatable bonds is 65. The molecule has 47 nitrogen and oxygen atoms in total. The molecule has 3 aliphatic heterocycles. The molecule has 778 valence electrons. The van der Waals surface area contributed by atoms with Crippen molar-refractivity contribution in [3.05, 3.63) is 0 Å². The second-order valence-corrected chi connectivity index (χ2v) is 33.7. The summed E-state index contributed by atoms with van der Waals surface area (Å²) in [5.74, 6) is -10.7. The van der Waals surface area contributed by atoms with Crippen LogP contribution in [0.15, 0.2) is 0 Å². The minimum absolute atomic E-state index is 0.0128. The Labute approximate surface area is 798 Å². The maximum Gasteiger partial charge on any atom is 0.303 e. The molecule has 1 aliphatic carbocycles. The van der Waals surface area contributed by atoms with E-state index < -0.39 is 213 Å². The summed E-state index contributed by atoms with van der Waals surface area (Å²) in [5, 5.41) is 34.2. The molecule has 0 spiro atoms. The zero-order valence-electron chi connectivity index (χ0n) is 81.1. The minimum atomic E-state index is -1.32. The van der Waals surface area contributed by atoms with Crippen molar-refractivity contribution in [3.8, 4) is 0 Å². The van der Waals surface area contributed by atoms with Crippen LogP contribution in [0, 0.1) is 5.92 Å². The molecule has 10 amide bonds. The molecule has 0 bridgehead atoms. The van der Waals surface area contributed by atoms with Crippen LogP contribution in [0.25, 0.3) is 0 Å². The number of carbonyl (C=O) groups is 19. The molecule has 0 aromatic rings. The zero-order chi connectivity index (χ0) is 101. The molecule has 1 saturated carbocycles. The normalized spacial score (nSPS) is 23.8. The van der Waals surface area contributed by atoms with E-state index in [4.69, 9.17) is 80.5 Å². The lowest BCUT2D eigenvalue weighted by Gasteiger charge is -2.45. The number of esters is 8. The molecular formula is C90H146N10O37. The van der Waals surface area contributed by atoms with Crippen molar-refractivity contribution in [2.75, 3.05) is 112 Å². The number of unbranched alkanes of at least 4 members (excludes halogenated alkanes) is 6. The van der Waals surface area contributed by atoms with E-state index in [1.165, 1.54) is 27.7 Å². The zero-order valence-corrected chi connectivity index (χ0v) is 81.1. The lowest BCUT2D eigenvalue weighted by atomic mass is 9.82. The third-order valence-corrected chi connectivity index (χ3v) is 21.6. The number of ketones is 1. The van der Waals surface area contributed by atoms with Crippen molar-refractivity contribution in [1.29, 1.82) is 0 Å². The van der Waals surface area contributed by atoms with E-state index >= 15 is 0 Å². The molecule has 19 atom stereocenters. The third kappa shape index (κ3) is 49.2. The van der Waals surface area contributed by atoms with Crippen LogP contribution in [0.3, 0.4) is 0 Å². The van der Waals surface area contributed by atoms with Crippen LogP contribution >= 0.6 is 0 Å². The van der Waals surface area contributed by atoms with Crippen LogP contribution < -0.4 is 47.9 Å². The van der Waals surface area contributed by atoms with Gasteiger partial charge in [-0.15, -0.1) is 0 Å². The van der Waals surface area contributed by atoms with E-state index in [9.17, 15) is 96.2 Å². The molecular weight excluding hydrogens is 1810 g/mol. The highest BCUT2D eigenvalue weighted by Gasteiger charge is 2.55. The summed E-state index contributed by atoms with van der Waals surface area (Å²) in [5.41, 5.74) is 0. The van der Waals surface area contributed by atoms with E-state index in [1.807, 2.05) is 0 Å². The molecule has 4 rings (SSSR count). The second-order valence-electron chi connectivity index (χ2n) is 33.7. The Hall–Kier alpha value is -10.3. The van der Waals surface area contributed by atoms with Gasteiger partial charge in [0.25, 0.3) is 0 Å². The van der Waals surface area contributed by atoms with Crippen molar-refractivity contribution in [3.63, 3.8) is 0 Å². The van der Waals surface area contributed by atoms with Gasteiger partial charge >= 0.3 is 47.8 Å². The molecule has 0 aromatic heterocycles. The monoisotopic (exact) mass is 1960 g/mol. The van der Waals surface area contributed by atoms with Crippen LogP contribution in [-0.4, -0.2) is 345 Å². The second kappa shape index (κ2) is 66.3. The van der Waals surface area contributed by atoms with Crippen LogP contribution in [0.5, 0.6) is 0 Å². The SMILES string of the molecule is CC(=O)CC[C@H]1O[C@@H](OCCCCC(=O)NCCCNC(=O)CCO[C@@H]2C[C@@H](C(=O)N(C)CCCCCCO)C[C@@H](OCCC(=O)NCCCNC(=O)CCCCO[C@@H]3O[C@H](COC(C)=O)[C@H](OC(C)=O)[C@H](OC(C)=O)[C@H]3NC(C)=O)[C@H]2OCCC(=O)NCCCNC(=O)CCCCO[C@@H]2O[C@H](COC(C)=O)[C@H](OC(C)=O)[C@H](OC(C)=O)[C@H]2NC(C)=O)[C@H](NC(C)=O)[C@@H](OC(C)=O)[C@H]1OC(C)=O. The van der Waals surface area contributed by atoms with Crippen LogP contribution in [0.4, 0.5) is 0 Å². The standard InChI is InChI=1S/C90H146N10O37/c1-53(102)30-31-66-81(129-59(7)108)84(132-62(10)111)77(97-54(2)103)88(135-66)124-43-21-16-27-71(114)91-35-24-38-94-74(117)32-46-121-67-49-65(87(120)100(13)41-19-14-15-20-42-101)50-68(122-47-33-75(118)95-39-25-36-92-72(115)28-17-22-44-125-89-78(98-55(3)104)85(133-63(11)112)82(130-60(8)109)69(136-89)51-127-57(5)106)80(67)123-48-34-76(119)96-40-26-37-93-73(116)29-18-23-45-126-90-79(99-56(4)105)86(134-64(12)113)83(131-61(9)110)70(137-90)52-128-58(6)107/h65-70,77-86,88-90,101H,14-52H2,1-13H3,(H,91,114)(H,92,115)(H,93,116)(H,94,117)(H,95,118)(H,96,119)(H,97,103)(H,98,104)(H,99,105)/t65-,66-,67-,68-,69-,70-,77-,78-,79-,80+,81+,82+,83+,84-,85-,86-,88-,89-,90-/m1/s1. The third-order valence-electron chi connectivity index (χ3n) is 21.6. The predicted molar refractivity (Wildman–Crippen MR) is 476 cm³/mol. The van der Waals surface area contributed by atoms with E-state index in [1.54, 1.807) is 11.9 Å². The maximum atomic E-state index is 14.4. The summed E-state index contributed by atoms with van der Waals surface area (Å²) in [4.78, 5) is 241. The molecule has 4 aliphatic rings. The Morgan fingerprint density at radius 3 is 0.912 bits per heavy atom. The van der Waals surface area contributed by atoms with Crippen molar-refractivity contribution in [1.82, 2.24) is 52.8 Å². The summed E-state index contributed by atoms with van der Waals surface area (Å²) in [6.45, 7) is 14.3. The first-order valence-corrected chi connectivity index (χ1v) is 46.9. The Kier molecular flexibility index (Phi) is 57.6. The van der Waals surface area contributed by atoms with Crippen molar-refractivity contribution >= 4 is 113 Å². The van der Waals surface area contributed by atoms with Gasteiger partial charge in [0.15, 0.2) is 55.5 Å². The summed E-state index contributed by atoms with van der Waals surface area (Å²) in [7, 11) is 1.68. The van der Waals surface area contributed by atoms with Gasteiger partial charge in [-0.2, -0.15) is 0 Å². The highest BCUT2D eigenvalue weighted by molar-refractivity contribution is 5.81. The van der Waals surface area contributed by atoms with Gasteiger partial charge in [-0.3, -0.25) is 86.3 Å². The fourth-order valence-electron chi connectivity index (χ4n) is 15.5. The van der Waals surface area contributed by atoms with Gasteiger partial charge in [-0.05, 0) is 96.8 Å². The van der Waals surface area contributed by atoms with Crippen LogP contribution in [0.1, 0.15) is 231 Å². The number of nitrogens with one attached hydrogen (secondary N) is 9. The Bertz CT molecular complexity index is 3710. The van der Waals surface area contributed by atoms with Crippen molar-refractivity contribution in [2.45, 2.75) is 341 Å². The molecule has 137 heavy (non-hydrogen) atoms. The lowest BCUT2D eigenvalue weighted by molar-refractivity contribution is -0.277. The molecule has 10 N–H and O–H groups in total. The first-order chi connectivity index (χ1) is 65.2. The first-order valence-electron chi connectivity index (χ1n) is 46.9. The first kappa shape index (κ1) is 119. The molecule has 0 aromatic carbocycles. The van der Waals surface area contributed by atoms with Gasteiger partial charge in [0, 0.05) is 206 Å². The number of aliphatic hydroxyl groups excluding tert-OH is 1.